The Morgan fingerprint density at radius 3 is 2.21 bits per heavy atom. The van der Waals surface area contributed by atoms with Crippen molar-refractivity contribution in [3.05, 3.63) is 46.6 Å². The minimum absolute atomic E-state index is 0.0347. The number of halogens is 7. The molecule has 1 spiro atoms. The highest BCUT2D eigenvalue weighted by atomic mass is 35.5. The molecule has 6 N–H and O–H groups in total. The van der Waals surface area contributed by atoms with Crippen LogP contribution in [0.1, 0.15) is 43.2 Å². The van der Waals surface area contributed by atoms with Crippen LogP contribution in [0.4, 0.5) is 43.5 Å². The van der Waals surface area contributed by atoms with Gasteiger partial charge in [0.15, 0.2) is 0 Å². The zero-order valence-electron chi connectivity index (χ0n) is 19.9. The molecule has 0 unspecified atom stereocenters. The predicted molar refractivity (Wildman–Crippen MR) is 134 cm³/mol. The molecule has 38 heavy (non-hydrogen) atoms. The Bertz CT molecular complexity index is 1240. The van der Waals surface area contributed by atoms with Gasteiger partial charge in [-0.3, -0.25) is 4.90 Å². The minimum Gasteiger partial charge on any atom is -0.382 e. The van der Waals surface area contributed by atoms with Crippen molar-refractivity contribution in [1.29, 1.82) is 0 Å². The molecule has 0 atom stereocenters. The summed E-state index contributed by atoms with van der Waals surface area (Å²) in [6, 6.07) is 3.97. The number of hydrogen-bond donors (Lipinski definition) is 4. The number of nitrogens with one attached hydrogen (secondary N) is 2. The summed E-state index contributed by atoms with van der Waals surface area (Å²) in [4.78, 5) is 13.7. The molecular weight excluding hydrogens is 538 g/mol. The molecule has 1 aromatic carbocycles. The van der Waals surface area contributed by atoms with Crippen LogP contribution in [0.15, 0.2) is 40.4 Å². The molecule has 1 saturated carbocycles. The first-order valence-corrected chi connectivity index (χ1v) is 12.1. The van der Waals surface area contributed by atoms with Gasteiger partial charge in [-0.1, -0.05) is 18.0 Å². The number of aliphatic imine (C=N–C) groups is 2. The molecular formula is C23H25ClF6N8. The van der Waals surface area contributed by atoms with E-state index in [1.165, 1.54) is 11.0 Å². The van der Waals surface area contributed by atoms with Crippen molar-refractivity contribution in [3.8, 4) is 0 Å². The van der Waals surface area contributed by atoms with Crippen molar-refractivity contribution < 1.29 is 26.3 Å². The highest BCUT2D eigenvalue weighted by molar-refractivity contribution is 6.33. The Morgan fingerprint density at radius 2 is 1.58 bits per heavy atom. The lowest BCUT2D eigenvalue weighted by atomic mass is 9.87. The predicted octanol–water partition coefficient (Wildman–Crippen LogP) is 5.41. The Hall–Kier alpha value is -3.42. The summed E-state index contributed by atoms with van der Waals surface area (Å²) in [6.45, 7) is 0.291. The van der Waals surface area contributed by atoms with Gasteiger partial charge in [-0.05, 0) is 49.9 Å². The molecule has 0 bridgehead atoms. The number of alkyl halides is 6. The average molecular weight is 563 g/mol. The van der Waals surface area contributed by atoms with E-state index >= 15 is 0 Å². The number of aromatic nitrogens is 1. The van der Waals surface area contributed by atoms with Crippen LogP contribution >= 0.6 is 11.6 Å². The Kier molecular flexibility index (Phi) is 7.55. The maximum Gasteiger partial charge on any atom is 0.417 e. The van der Waals surface area contributed by atoms with E-state index in [9.17, 15) is 26.3 Å². The quantitative estimate of drug-likeness (QED) is 0.276. The summed E-state index contributed by atoms with van der Waals surface area (Å²) >= 11 is 5.92. The van der Waals surface area contributed by atoms with E-state index in [1.807, 2.05) is 0 Å². The molecule has 1 aliphatic heterocycles. The lowest BCUT2D eigenvalue weighted by molar-refractivity contribution is -0.138. The second-order valence-electron chi connectivity index (χ2n) is 8.95. The number of benzene rings is 1. The fourth-order valence-electron chi connectivity index (χ4n) is 4.61. The molecule has 0 saturated heterocycles. The van der Waals surface area contributed by atoms with Crippen LogP contribution in [-0.2, 0) is 12.4 Å². The minimum atomic E-state index is -4.61. The standard InChI is InChI=1S/C23H25ClF6N8/c24-15-10-14(23(28,29)30)12-35-18(15)34-9-8-33-16-5-4-13(22(25,26)27)11-17(16)38-20(32)36-19(31)37-21(38)6-2-1-3-7-21/h4-5,10-12,33H,1-3,6-9H2,(H,34,35)(H4,31,32,36,37). The summed E-state index contributed by atoms with van der Waals surface area (Å²) in [5.74, 6) is -0.0691. The van der Waals surface area contributed by atoms with Gasteiger partial charge in [-0.15, -0.1) is 0 Å². The zero-order valence-corrected chi connectivity index (χ0v) is 20.7. The smallest absolute Gasteiger partial charge is 0.382 e. The lowest BCUT2D eigenvalue weighted by Crippen LogP contribution is -2.58. The highest BCUT2D eigenvalue weighted by Crippen LogP contribution is 2.44. The van der Waals surface area contributed by atoms with Gasteiger partial charge in [0.25, 0.3) is 0 Å². The third-order valence-corrected chi connectivity index (χ3v) is 6.61. The van der Waals surface area contributed by atoms with Crippen LogP contribution in [0.25, 0.3) is 0 Å². The van der Waals surface area contributed by atoms with Gasteiger partial charge in [-0.25, -0.2) is 9.98 Å². The summed E-state index contributed by atoms with van der Waals surface area (Å²) in [7, 11) is 0. The van der Waals surface area contributed by atoms with E-state index in [0.717, 1.165) is 37.5 Å². The fourth-order valence-corrected chi connectivity index (χ4v) is 4.85. The monoisotopic (exact) mass is 562 g/mol. The average Bonchev–Trinajstić information content (AvgIpc) is 2.82. The maximum atomic E-state index is 13.6. The molecule has 0 radical (unpaired) electrons. The molecule has 15 heteroatoms. The van der Waals surface area contributed by atoms with Gasteiger partial charge in [-0.2, -0.15) is 31.3 Å². The van der Waals surface area contributed by atoms with Crippen LogP contribution in [0.2, 0.25) is 5.02 Å². The maximum absolute atomic E-state index is 13.6. The largest absolute Gasteiger partial charge is 0.417 e. The first-order valence-electron chi connectivity index (χ1n) is 11.7. The van der Waals surface area contributed by atoms with Crippen LogP contribution < -0.4 is 27.0 Å². The lowest BCUT2D eigenvalue weighted by Gasteiger charge is -2.46. The topological polar surface area (TPSA) is 117 Å². The molecule has 1 aliphatic carbocycles. The number of rotatable bonds is 6. The zero-order chi connectivity index (χ0) is 27.7. The van der Waals surface area contributed by atoms with Crippen molar-refractivity contribution >= 4 is 40.7 Å². The summed E-state index contributed by atoms with van der Waals surface area (Å²) < 4.78 is 79.4. The molecule has 1 fully saturated rings. The summed E-state index contributed by atoms with van der Waals surface area (Å²) in [6.07, 6.45) is -4.96. The van der Waals surface area contributed by atoms with E-state index in [2.05, 4.69) is 25.6 Å². The van der Waals surface area contributed by atoms with Gasteiger partial charge < -0.3 is 22.1 Å². The Balaban J connectivity index is 1.58. The van der Waals surface area contributed by atoms with E-state index in [4.69, 9.17) is 23.1 Å². The van der Waals surface area contributed by atoms with Crippen molar-refractivity contribution in [2.75, 3.05) is 28.6 Å². The van der Waals surface area contributed by atoms with Gasteiger partial charge in [0.1, 0.15) is 11.5 Å². The normalized spacial score (nSPS) is 17.7. The van der Waals surface area contributed by atoms with Crippen molar-refractivity contribution in [2.24, 2.45) is 21.5 Å². The van der Waals surface area contributed by atoms with Crippen LogP contribution in [-0.4, -0.2) is 35.7 Å². The number of hydrogen-bond acceptors (Lipinski definition) is 8. The second-order valence-corrected chi connectivity index (χ2v) is 9.36. The fraction of sp³-hybridized carbons (Fsp3) is 0.435. The van der Waals surface area contributed by atoms with Crippen molar-refractivity contribution in [3.63, 3.8) is 0 Å². The third kappa shape index (κ3) is 5.84. The number of pyridine rings is 1. The van der Waals surface area contributed by atoms with E-state index in [-0.39, 0.29) is 41.5 Å². The number of guanidine groups is 2. The van der Waals surface area contributed by atoms with E-state index in [0.29, 0.717) is 24.7 Å². The van der Waals surface area contributed by atoms with Crippen molar-refractivity contribution in [1.82, 2.24) is 4.98 Å². The molecule has 8 nitrogen and oxygen atoms in total. The summed E-state index contributed by atoms with van der Waals surface area (Å²) in [5, 5.41) is 5.65. The molecule has 206 valence electrons. The molecule has 2 aliphatic rings. The molecule has 2 aromatic rings. The van der Waals surface area contributed by atoms with E-state index in [1.54, 1.807) is 0 Å². The molecule has 1 aromatic heterocycles. The second kappa shape index (κ2) is 10.4. The first kappa shape index (κ1) is 27.6. The first-order chi connectivity index (χ1) is 17.8. The Morgan fingerprint density at radius 1 is 0.921 bits per heavy atom. The van der Waals surface area contributed by atoms with Crippen LogP contribution in [0.5, 0.6) is 0 Å². The van der Waals surface area contributed by atoms with E-state index < -0.39 is 29.1 Å². The molecule has 4 rings (SSSR count). The van der Waals surface area contributed by atoms with Gasteiger partial charge in [0.05, 0.1) is 27.5 Å². The van der Waals surface area contributed by atoms with Gasteiger partial charge in [0, 0.05) is 19.3 Å². The molecule has 2 heterocycles. The van der Waals surface area contributed by atoms with Gasteiger partial charge >= 0.3 is 12.4 Å². The highest BCUT2D eigenvalue weighted by Gasteiger charge is 2.44. The van der Waals surface area contributed by atoms with Crippen LogP contribution in [0.3, 0.4) is 0 Å². The molecule has 0 amide bonds. The van der Waals surface area contributed by atoms with Crippen LogP contribution in [0, 0.1) is 0 Å². The van der Waals surface area contributed by atoms with Crippen molar-refractivity contribution in [2.45, 2.75) is 50.1 Å². The van der Waals surface area contributed by atoms with Gasteiger partial charge in [0.2, 0.25) is 11.9 Å². The third-order valence-electron chi connectivity index (χ3n) is 6.32. The SMILES string of the molecule is NC1=NC2(CCCCC2)N(c2cc(C(F)(F)F)ccc2NCCNc2ncc(C(F)(F)F)cc2Cl)C(N)=N1. The summed E-state index contributed by atoms with van der Waals surface area (Å²) in [5.41, 5.74) is 9.72. The Labute approximate surface area is 219 Å². The number of nitrogens with two attached hydrogens (primary N) is 2. The number of anilines is 3. The number of nitrogens with zero attached hydrogens (tertiary/aromatic N) is 4.